The molecule has 2 atom stereocenters. The number of carbonyl (C=O) groups is 1. The average Bonchev–Trinajstić information content (AvgIpc) is 2.46. The molecule has 1 aliphatic rings. The lowest BCUT2D eigenvalue weighted by Gasteiger charge is -2.30. The maximum atomic E-state index is 11.4. The van der Waals surface area contributed by atoms with Crippen LogP contribution in [0.2, 0.25) is 0 Å². The summed E-state index contributed by atoms with van der Waals surface area (Å²) < 4.78 is 10.7. The first-order chi connectivity index (χ1) is 6.49. The van der Waals surface area contributed by atoms with E-state index in [1.54, 1.807) is 14.0 Å². The van der Waals surface area contributed by atoms with Crippen molar-refractivity contribution in [2.24, 2.45) is 0 Å². The van der Waals surface area contributed by atoms with Gasteiger partial charge in [-0.15, -0.1) is 0 Å². The maximum absolute atomic E-state index is 11.4. The molecule has 3 nitrogen and oxygen atoms in total. The molecule has 1 rings (SSSR count). The molecule has 0 amide bonds. The van der Waals surface area contributed by atoms with Gasteiger partial charge in [-0.3, -0.25) is 0 Å². The molecule has 0 heterocycles. The summed E-state index contributed by atoms with van der Waals surface area (Å²) in [5.74, 6) is -0.323. The third-order valence-electron chi connectivity index (χ3n) is 2.78. The van der Waals surface area contributed by atoms with E-state index in [9.17, 15) is 4.79 Å². The Labute approximate surface area is 85.1 Å². The van der Waals surface area contributed by atoms with Crippen LogP contribution in [0.4, 0.5) is 0 Å². The van der Waals surface area contributed by atoms with Crippen LogP contribution in [0.1, 0.15) is 33.1 Å². The van der Waals surface area contributed by atoms with Crippen LogP contribution in [0, 0.1) is 0 Å². The van der Waals surface area contributed by atoms with E-state index in [2.05, 4.69) is 6.58 Å². The summed E-state index contributed by atoms with van der Waals surface area (Å²) in [6.07, 6.45) is 2.88. The van der Waals surface area contributed by atoms with Crippen LogP contribution < -0.4 is 0 Å². The quantitative estimate of drug-likeness (QED) is 0.514. The summed E-state index contributed by atoms with van der Waals surface area (Å²) >= 11 is 0. The van der Waals surface area contributed by atoms with Crippen molar-refractivity contribution in [1.82, 2.24) is 0 Å². The zero-order chi connectivity index (χ0) is 10.8. The van der Waals surface area contributed by atoms with Crippen LogP contribution in [0.3, 0.4) is 0 Å². The Morgan fingerprint density at radius 2 is 2.21 bits per heavy atom. The van der Waals surface area contributed by atoms with E-state index < -0.39 is 5.60 Å². The molecule has 0 N–H and O–H groups in total. The van der Waals surface area contributed by atoms with Crippen molar-refractivity contribution in [2.45, 2.75) is 44.8 Å². The number of methoxy groups -OCH3 is 1. The predicted octanol–water partition coefficient (Wildman–Crippen LogP) is 2.06. The zero-order valence-corrected chi connectivity index (χ0v) is 9.13. The second-order valence-corrected chi connectivity index (χ2v) is 4.10. The van der Waals surface area contributed by atoms with Crippen molar-refractivity contribution in [2.75, 3.05) is 7.11 Å². The Hall–Kier alpha value is -0.830. The third-order valence-corrected chi connectivity index (χ3v) is 2.78. The zero-order valence-electron chi connectivity index (χ0n) is 9.13. The molecule has 0 saturated heterocycles. The van der Waals surface area contributed by atoms with Crippen LogP contribution in [-0.2, 0) is 14.3 Å². The van der Waals surface area contributed by atoms with Gasteiger partial charge in [-0.25, -0.2) is 4.79 Å². The minimum Gasteiger partial charge on any atom is -0.453 e. The highest BCUT2D eigenvalue weighted by molar-refractivity contribution is 5.87. The Morgan fingerprint density at radius 3 is 2.71 bits per heavy atom. The summed E-state index contributed by atoms with van der Waals surface area (Å²) in [5.41, 5.74) is -0.0295. The standard InChI is InChI=1S/C11H18O3/c1-8(2)10(12)14-11(3)7-5-6-9(11)13-4/h9H,1,5-7H2,2-4H3. The van der Waals surface area contributed by atoms with E-state index in [0.29, 0.717) is 5.57 Å². The van der Waals surface area contributed by atoms with E-state index in [0.717, 1.165) is 19.3 Å². The van der Waals surface area contributed by atoms with Gasteiger partial charge in [0.1, 0.15) is 5.60 Å². The maximum Gasteiger partial charge on any atom is 0.333 e. The fraction of sp³-hybridized carbons (Fsp3) is 0.727. The van der Waals surface area contributed by atoms with Gasteiger partial charge in [0, 0.05) is 12.7 Å². The second kappa shape index (κ2) is 4.13. The first kappa shape index (κ1) is 11.2. The van der Waals surface area contributed by atoms with Crippen molar-refractivity contribution >= 4 is 5.97 Å². The lowest BCUT2D eigenvalue weighted by Crippen LogP contribution is -2.40. The Kier molecular flexibility index (Phi) is 3.32. The minimum atomic E-state index is -0.467. The first-order valence-electron chi connectivity index (χ1n) is 4.91. The SMILES string of the molecule is C=C(C)C(=O)OC1(C)CCCC1OC. The highest BCUT2D eigenvalue weighted by Gasteiger charge is 2.42. The summed E-state index contributed by atoms with van der Waals surface area (Å²) in [6, 6.07) is 0. The van der Waals surface area contributed by atoms with E-state index in [4.69, 9.17) is 9.47 Å². The minimum absolute atomic E-state index is 0.0193. The number of hydrogen-bond acceptors (Lipinski definition) is 3. The molecule has 2 unspecified atom stereocenters. The Bertz CT molecular complexity index is 247. The van der Waals surface area contributed by atoms with Gasteiger partial charge < -0.3 is 9.47 Å². The number of carbonyl (C=O) groups excluding carboxylic acids is 1. The molecule has 0 spiro atoms. The highest BCUT2D eigenvalue weighted by atomic mass is 16.6. The Morgan fingerprint density at radius 1 is 1.57 bits per heavy atom. The van der Waals surface area contributed by atoms with E-state index in [-0.39, 0.29) is 12.1 Å². The average molecular weight is 198 g/mol. The van der Waals surface area contributed by atoms with Crippen molar-refractivity contribution in [3.05, 3.63) is 12.2 Å². The highest BCUT2D eigenvalue weighted by Crippen LogP contribution is 2.35. The molecule has 3 heteroatoms. The van der Waals surface area contributed by atoms with Crippen LogP contribution >= 0.6 is 0 Å². The van der Waals surface area contributed by atoms with Crippen LogP contribution in [0.25, 0.3) is 0 Å². The molecule has 80 valence electrons. The van der Waals surface area contributed by atoms with Gasteiger partial charge >= 0.3 is 5.97 Å². The molecule has 14 heavy (non-hydrogen) atoms. The molecule has 0 radical (unpaired) electrons. The molecule has 0 bridgehead atoms. The molecule has 0 aromatic heterocycles. The van der Waals surface area contributed by atoms with Crippen LogP contribution in [0.5, 0.6) is 0 Å². The lowest BCUT2D eigenvalue weighted by molar-refractivity contribution is -0.164. The van der Waals surface area contributed by atoms with E-state index >= 15 is 0 Å². The summed E-state index contributed by atoms with van der Waals surface area (Å²) in [5, 5.41) is 0. The summed E-state index contributed by atoms with van der Waals surface area (Å²) in [6.45, 7) is 7.14. The van der Waals surface area contributed by atoms with Gasteiger partial charge in [-0.2, -0.15) is 0 Å². The predicted molar refractivity (Wildman–Crippen MR) is 54.0 cm³/mol. The summed E-state index contributed by atoms with van der Waals surface area (Å²) in [7, 11) is 1.66. The molecule has 1 aliphatic carbocycles. The normalized spacial score (nSPS) is 31.5. The number of rotatable bonds is 3. The van der Waals surface area contributed by atoms with Gasteiger partial charge in [0.25, 0.3) is 0 Å². The van der Waals surface area contributed by atoms with Gasteiger partial charge in [0.15, 0.2) is 0 Å². The Balaban J connectivity index is 2.65. The van der Waals surface area contributed by atoms with Gasteiger partial charge in [-0.05, 0) is 33.1 Å². The molecular formula is C11H18O3. The second-order valence-electron chi connectivity index (χ2n) is 4.10. The number of esters is 1. The van der Waals surface area contributed by atoms with Crippen molar-refractivity contribution < 1.29 is 14.3 Å². The van der Waals surface area contributed by atoms with Gasteiger partial charge in [-0.1, -0.05) is 6.58 Å². The monoisotopic (exact) mass is 198 g/mol. The van der Waals surface area contributed by atoms with E-state index in [1.165, 1.54) is 0 Å². The van der Waals surface area contributed by atoms with Crippen LogP contribution in [-0.4, -0.2) is 24.8 Å². The largest absolute Gasteiger partial charge is 0.453 e. The van der Waals surface area contributed by atoms with Crippen molar-refractivity contribution in [1.29, 1.82) is 0 Å². The summed E-state index contributed by atoms with van der Waals surface area (Å²) in [4.78, 5) is 11.4. The van der Waals surface area contributed by atoms with Crippen molar-refractivity contribution in [3.8, 4) is 0 Å². The number of ether oxygens (including phenoxy) is 2. The molecule has 0 aromatic rings. The van der Waals surface area contributed by atoms with Gasteiger partial charge in [0.2, 0.25) is 0 Å². The fourth-order valence-electron chi connectivity index (χ4n) is 1.89. The van der Waals surface area contributed by atoms with Gasteiger partial charge in [0.05, 0.1) is 6.10 Å². The molecule has 0 aromatic carbocycles. The van der Waals surface area contributed by atoms with Crippen LogP contribution in [0.15, 0.2) is 12.2 Å². The lowest BCUT2D eigenvalue weighted by atomic mass is 10.0. The smallest absolute Gasteiger partial charge is 0.333 e. The molecule has 1 fully saturated rings. The topological polar surface area (TPSA) is 35.5 Å². The number of hydrogen-bond donors (Lipinski definition) is 0. The first-order valence-corrected chi connectivity index (χ1v) is 4.91. The fourth-order valence-corrected chi connectivity index (χ4v) is 1.89. The molecular weight excluding hydrogens is 180 g/mol. The third kappa shape index (κ3) is 2.15. The molecule has 1 saturated carbocycles. The van der Waals surface area contributed by atoms with Crippen molar-refractivity contribution in [3.63, 3.8) is 0 Å². The molecule has 0 aliphatic heterocycles. The van der Waals surface area contributed by atoms with E-state index in [1.807, 2.05) is 6.92 Å².